The predicted molar refractivity (Wildman–Crippen MR) is 89.9 cm³/mol. The summed E-state index contributed by atoms with van der Waals surface area (Å²) in [5.41, 5.74) is 0. The SMILES string of the molecule is CC(C)C.CC(C)N1CCCC1.CCCNCCC. The molecule has 118 valence electrons. The fraction of sp³-hybridized carbons (Fsp3) is 1.00. The summed E-state index contributed by atoms with van der Waals surface area (Å²) in [5.74, 6) is 0.833. The fourth-order valence-corrected chi connectivity index (χ4v) is 1.74. The lowest BCUT2D eigenvalue weighted by atomic mass is 10.3. The highest BCUT2D eigenvalue weighted by Gasteiger charge is 2.13. The first kappa shape index (κ1) is 21.2. The third-order valence-electron chi connectivity index (χ3n) is 2.72. The molecule has 1 rings (SSSR count). The van der Waals surface area contributed by atoms with E-state index >= 15 is 0 Å². The van der Waals surface area contributed by atoms with Gasteiger partial charge >= 0.3 is 0 Å². The Kier molecular flexibility index (Phi) is 17.8. The highest BCUT2D eigenvalue weighted by Crippen LogP contribution is 2.09. The quantitative estimate of drug-likeness (QED) is 0.739. The number of nitrogens with zero attached hydrogens (tertiary/aromatic N) is 1. The number of nitrogens with one attached hydrogen (secondary N) is 1. The molecule has 0 radical (unpaired) electrons. The predicted octanol–water partition coefficient (Wildman–Crippen LogP) is 4.55. The second kappa shape index (κ2) is 16.0. The molecule has 0 saturated carbocycles. The maximum Gasteiger partial charge on any atom is 0.00385 e. The standard InChI is InChI=1S/C7H15N.C6H15N.C4H10/c1-7(2)8-5-3-4-6-8;1-3-5-7-6-4-2;1-4(2)3/h7H,3-6H2,1-2H3;7H,3-6H2,1-2H3;4H,1-3H3. The lowest BCUT2D eigenvalue weighted by Gasteiger charge is -2.18. The Bertz CT molecular complexity index is 143. The average Bonchev–Trinajstić information content (AvgIpc) is 2.83. The van der Waals surface area contributed by atoms with Gasteiger partial charge < -0.3 is 10.2 Å². The minimum atomic E-state index is 0.775. The summed E-state index contributed by atoms with van der Waals surface area (Å²) in [6.07, 6.45) is 5.33. The van der Waals surface area contributed by atoms with Gasteiger partial charge in [-0.15, -0.1) is 0 Å². The summed E-state index contributed by atoms with van der Waals surface area (Å²) in [6, 6.07) is 0.775. The molecule has 0 amide bonds. The van der Waals surface area contributed by atoms with E-state index in [9.17, 15) is 0 Å². The van der Waals surface area contributed by atoms with E-state index in [4.69, 9.17) is 0 Å². The first-order chi connectivity index (χ1) is 8.95. The van der Waals surface area contributed by atoms with Crippen LogP contribution < -0.4 is 5.32 Å². The van der Waals surface area contributed by atoms with Gasteiger partial charge in [0.1, 0.15) is 0 Å². The molecule has 2 nitrogen and oxygen atoms in total. The van der Waals surface area contributed by atoms with Crippen LogP contribution >= 0.6 is 0 Å². The lowest BCUT2D eigenvalue weighted by Crippen LogP contribution is -2.26. The molecular formula is C17H40N2. The normalized spacial score (nSPS) is 15.0. The van der Waals surface area contributed by atoms with Crippen molar-refractivity contribution in [3.8, 4) is 0 Å². The maximum absolute atomic E-state index is 3.28. The summed E-state index contributed by atoms with van der Waals surface area (Å²) in [5, 5.41) is 3.28. The summed E-state index contributed by atoms with van der Waals surface area (Å²) in [4.78, 5) is 2.53. The van der Waals surface area contributed by atoms with E-state index < -0.39 is 0 Å². The Balaban J connectivity index is 0. The van der Waals surface area contributed by atoms with Crippen LogP contribution in [0.15, 0.2) is 0 Å². The Labute approximate surface area is 123 Å². The lowest BCUT2D eigenvalue weighted by molar-refractivity contribution is 0.276. The molecule has 0 atom stereocenters. The van der Waals surface area contributed by atoms with Crippen molar-refractivity contribution in [3.63, 3.8) is 0 Å². The van der Waals surface area contributed by atoms with Crippen molar-refractivity contribution >= 4 is 0 Å². The smallest absolute Gasteiger partial charge is 0.00385 e. The number of likely N-dealkylation sites (tertiary alicyclic amines) is 1. The Morgan fingerprint density at radius 2 is 1.21 bits per heavy atom. The molecule has 1 aliphatic heterocycles. The van der Waals surface area contributed by atoms with Gasteiger partial charge in [0.15, 0.2) is 0 Å². The van der Waals surface area contributed by atoms with Crippen molar-refractivity contribution in [2.24, 2.45) is 5.92 Å². The van der Waals surface area contributed by atoms with Crippen LogP contribution in [0.2, 0.25) is 0 Å². The van der Waals surface area contributed by atoms with Crippen molar-refractivity contribution in [3.05, 3.63) is 0 Å². The van der Waals surface area contributed by atoms with E-state index in [1.165, 1.54) is 51.9 Å². The molecular weight excluding hydrogens is 232 g/mol. The van der Waals surface area contributed by atoms with E-state index in [2.05, 4.69) is 58.7 Å². The Morgan fingerprint density at radius 3 is 1.42 bits per heavy atom. The molecule has 0 aromatic carbocycles. The number of hydrogen-bond donors (Lipinski definition) is 1. The van der Waals surface area contributed by atoms with Crippen LogP contribution in [0, 0.1) is 5.92 Å². The van der Waals surface area contributed by atoms with E-state index in [0.29, 0.717) is 0 Å². The first-order valence-corrected chi connectivity index (χ1v) is 8.40. The van der Waals surface area contributed by atoms with Crippen molar-refractivity contribution in [2.75, 3.05) is 26.2 Å². The fourth-order valence-electron chi connectivity index (χ4n) is 1.74. The zero-order chi connectivity index (χ0) is 15.1. The van der Waals surface area contributed by atoms with Crippen molar-refractivity contribution in [1.29, 1.82) is 0 Å². The first-order valence-electron chi connectivity index (χ1n) is 8.40. The molecule has 0 unspecified atom stereocenters. The van der Waals surface area contributed by atoms with Gasteiger partial charge in [0, 0.05) is 6.04 Å². The topological polar surface area (TPSA) is 15.3 Å². The largest absolute Gasteiger partial charge is 0.317 e. The van der Waals surface area contributed by atoms with Gasteiger partial charge in [0.25, 0.3) is 0 Å². The van der Waals surface area contributed by atoms with E-state index in [1.807, 2.05) is 0 Å². The third kappa shape index (κ3) is 20.4. The van der Waals surface area contributed by atoms with Crippen LogP contribution in [0.5, 0.6) is 0 Å². The zero-order valence-corrected chi connectivity index (χ0v) is 14.8. The Morgan fingerprint density at radius 1 is 0.842 bits per heavy atom. The maximum atomic E-state index is 3.28. The van der Waals surface area contributed by atoms with Crippen LogP contribution in [-0.4, -0.2) is 37.1 Å². The van der Waals surface area contributed by atoms with Crippen LogP contribution in [0.4, 0.5) is 0 Å². The summed E-state index contributed by atoms with van der Waals surface area (Å²) in [6.45, 7) is 20.4. The second-order valence-electron chi connectivity index (χ2n) is 6.32. The van der Waals surface area contributed by atoms with Gasteiger partial charge in [0.05, 0.1) is 0 Å². The van der Waals surface area contributed by atoms with Crippen molar-refractivity contribution in [1.82, 2.24) is 10.2 Å². The molecule has 1 saturated heterocycles. The van der Waals surface area contributed by atoms with Crippen LogP contribution in [-0.2, 0) is 0 Å². The van der Waals surface area contributed by atoms with Gasteiger partial charge in [0.2, 0.25) is 0 Å². The summed E-state index contributed by atoms with van der Waals surface area (Å²) < 4.78 is 0. The molecule has 0 aliphatic carbocycles. The van der Waals surface area contributed by atoms with E-state index in [1.54, 1.807) is 0 Å². The monoisotopic (exact) mass is 272 g/mol. The number of rotatable bonds is 5. The molecule has 0 aromatic rings. The van der Waals surface area contributed by atoms with Gasteiger partial charge in [-0.1, -0.05) is 34.6 Å². The van der Waals surface area contributed by atoms with Gasteiger partial charge in [-0.25, -0.2) is 0 Å². The second-order valence-corrected chi connectivity index (χ2v) is 6.32. The van der Waals surface area contributed by atoms with E-state index in [0.717, 1.165) is 12.0 Å². The molecule has 0 aromatic heterocycles. The van der Waals surface area contributed by atoms with Crippen LogP contribution in [0.1, 0.15) is 74.1 Å². The molecule has 1 aliphatic rings. The third-order valence-corrected chi connectivity index (χ3v) is 2.72. The summed E-state index contributed by atoms with van der Waals surface area (Å²) >= 11 is 0. The minimum absolute atomic E-state index is 0.775. The molecule has 2 heteroatoms. The molecule has 1 fully saturated rings. The highest BCUT2D eigenvalue weighted by molar-refractivity contribution is 4.68. The molecule has 19 heavy (non-hydrogen) atoms. The Hall–Kier alpha value is -0.0800. The zero-order valence-electron chi connectivity index (χ0n) is 14.8. The number of hydrogen-bond acceptors (Lipinski definition) is 2. The van der Waals surface area contributed by atoms with E-state index in [-0.39, 0.29) is 0 Å². The molecule has 1 heterocycles. The molecule has 0 bridgehead atoms. The van der Waals surface area contributed by atoms with Crippen molar-refractivity contribution < 1.29 is 0 Å². The van der Waals surface area contributed by atoms with Crippen molar-refractivity contribution in [2.45, 2.75) is 80.2 Å². The highest BCUT2D eigenvalue weighted by atomic mass is 15.2. The molecule has 0 spiro atoms. The molecule has 1 N–H and O–H groups in total. The minimum Gasteiger partial charge on any atom is -0.317 e. The average molecular weight is 273 g/mol. The van der Waals surface area contributed by atoms with Crippen LogP contribution in [0.25, 0.3) is 0 Å². The van der Waals surface area contributed by atoms with Gasteiger partial charge in [-0.05, 0) is 71.6 Å². The van der Waals surface area contributed by atoms with Gasteiger partial charge in [-0.3, -0.25) is 0 Å². The van der Waals surface area contributed by atoms with Crippen LogP contribution in [0.3, 0.4) is 0 Å². The van der Waals surface area contributed by atoms with Gasteiger partial charge in [-0.2, -0.15) is 0 Å². The summed E-state index contributed by atoms with van der Waals surface area (Å²) in [7, 11) is 0.